The second-order valence-corrected chi connectivity index (χ2v) is 9.51. The number of anilines is 2. The largest absolute Gasteiger partial charge is 0.374 e. The van der Waals surface area contributed by atoms with Crippen molar-refractivity contribution in [2.45, 2.75) is 44.3 Å². The van der Waals surface area contributed by atoms with E-state index >= 15 is 0 Å². The van der Waals surface area contributed by atoms with Gasteiger partial charge < -0.3 is 15.5 Å². The van der Waals surface area contributed by atoms with Crippen LogP contribution >= 0.6 is 0 Å². The summed E-state index contributed by atoms with van der Waals surface area (Å²) in [7, 11) is 1.77. The molecule has 0 saturated carbocycles. The second-order valence-electron chi connectivity index (χ2n) is 9.51. The van der Waals surface area contributed by atoms with E-state index in [1.54, 1.807) is 24.2 Å². The van der Waals surface area contributed by atoms with Gasteiger partial charge in [-0.15, -0.1) is 0 Å². The maximum atomic E-state index is 14.7. The van der Waals surface area contributed by atoms with Crippen molar-refractivity contribution in [1.29, 1.82) is 0 Å². The molecule has 11 nitrogen and oxygen atoms in total. The van der Waals surface area contributed by atoms with E-state index in [-0.39, 0.29) is 41.9 Å². The molecule has 4 N–H and O–H groups in total. The highest BCUT2D eigenvalue weighted by molar-refractivity contribution is 6.01. The van der Waals surface area contributed by atoms with E-state index in [1.165, 1.54) is 12.1 Å². The molecule has 5 rings (SSSR count). The maximum Gasteiger partial charge on any atom is 0.273 e. The Morgan fingerprint density at radius 2 is 1.94 bits per heavy atom. The summed E-state index contributed by atoms with van der Waals surface area (Å²) in [5, 5.41) is 14.6. The molecular weight excluding hydrogens is 469 g/mol. The van der Waals surface area contributed by atoms with E-state index in [2.05, 4.69) is 31.0 Å². The van der Waals surface area contributed by atoms with Crippen LogP contribution in [0, 0.1) is 11.7 Å². The van der Waals surface area contributed by atoms with Crippen molar-refractivity contribution in [3.8, 4) is 0 Å². The number of halogens is 1. The number of aromatic nitrogens is 2. The molecule has 2 aromatic rings. The summed E-state index contributed by atoms with van der Waals surface area (Å²) in [6, 6.07) is 3.65. The van der Waals surface area contributed by atoms with Crippen LogP contribution < -0.4 is 16.0 Å². The van der Waals surface area contributed by atoms with Crippen LogP contribution in [0.1, 0.15) is 41.7 Å². The third-order valence-electron chi connectivity index (χ3n) is 7.23. The van der Waals surface area contributed by atoms with E-state index in [0.717, 1.165) is 5.56 Å². The number of H-pyrrole nitrogens is 1. The summed E-state index contributed by atoms with van der Waals surface area (Å²) in [6.45, 7) is 1.29. The fraction of sp³-hybridized carbons (Fsp3) is 0.458. The smallest absolute Gasteiger partial charge is 0.273 e. The van der Waals surface area contributed by atoms with Crippen LogP contribution in [0.4, 0.5) is 15.8 Å². The Balaban J connectivity index is 1.15. The Morgan fingerprint density at radius 1 is 1.17 bits per heavy atom. The Labute approximate surface area is 206 Å². The number of piperidine rings is 2. The average molecular weight is 498 g/mol. The number of rotatable bonds is 5. The predicted molar refractivity (Wildman–Crippen MR) is 127 cm³/mol. The Morgan fingerprint density at radius 3 is 2.67 bits per heavy atom. The number of carbonyl (C=O) groups excluding carboxylic acids is 4. The number of aromatic amines is 1. The molecule has 4 heterocycles. The summed E-state index contributed by atoms with van der Waals surface area (Å²) in [6.07, 6.45) is 4.02. The normalized spacial score (nSPS) is 23.3. The first-order valence-corrected chi connectivity index (χ1v) is 12.0. The lowest BCUT2D eigenvalue weighted by Crippen LogP contribution is -2.55. The highest BCUT2D eigenvalue weighted by atomic mass is 19.1. The topological polar surface area (TPSA) is 140 Å². The van der Waals surface area contributed by atoms with Crippen molar-refractivity contribution in [3.63, 3.8) is 0 Å². The van der Waals surface area contributed by atoms with Gasteiger partial charge in [-0.1, -0.05) is 0 Å². The molecule has 0 bridgehead atoms. The molecule has 1 aromatic heterocycles. The fourth-order valence-corrected chi connectivity index (χ4v) is 5.10. The number of imide groups is 1. The van der Waals surface area contributed by atoms with Gasteiger partial charge in [-0.2, -0.15) is 5.10 Å². The van der Waals surface area contributed by atoms with E-state index < -0.39 is 17.8 Å². The van der Waals surface area contributed by atoms with Crippen LogP contribution in [0.2, 0.25) is 0 Å². The summed E-state index contributed by atoms with van der Waals surface area (Å²) < 4.78 is 14.7. The quantitative estimate of drug-likeness (QED) is 0.453. The predicted octanol–water partition coefficient (Wildman–Crippen LogP) is 1.07. The van der Waals surface area contributed by atoms with Gasteiger partial charge in [0.1, 0.15) is 17.6 Å². The molecule has 2 unspecified atom stereocenters. The Bertz CT molecular complexity index is 1210. The third kappa shape index (κ3) is 4.68. The number of hydrogen-bond acceptors (Lipinski definition) is 7. The van der Waals surface area contributed by atoms with Crippen LogP contribution in [-0.4, -0.2) is 76.0 Å². The number of likely N-dealkylation sites (tertiary alicyclic amines) is 1. The van der Waals surface area contributed by atoms with Crippen molar-refractivity contribution in [2.75, 3.05) is 30.8 Å². The van der Waals surface area contributed by atoms with Gasteiger partial charge in [0.15, 0.2) is 0 Å². The van der Waals surface area contributed by atoms with Gasteiger partial charge in [-0.05, 0) is 37.5 Å². The number of nitrogens with zero attached hydrogens (tertiary/aromatic N) is 3. The molecule has 3 aliphatic rings. The van der Waals surface area contributed by atoms with Crippen LogP contribution in [0.3, 0.4) is 0 Å². The molecule has 2 fully saturated rings. The zero-order valence-corrected chi connectivity index (χ0v) is 19.8. The molecular formula is C24H28FN7O4. The molecule has 4 amide bonds. The van der Waals surface area contributed by atoms with E-state index in [1.807, 2.05) is 0 Å². The first kappa shape index (κ1) is 23.9. The average Bonchev–Trinajstić information content (AvgIpc) is 3.34. The Hall–Kier alpha value is -3.80. The van der Waals surface area contributed by atoms with Gasteiger partial charge in [-0.25, -0.2) is 4.39 Å². The van der Waals surface area contributed by atoms with E-state index in [9.17, 15) is 23.6 Å². The van der Waals surface area contributed by atoms with Crippen molar-refractivity contribution >= 4 is 35.0 Å². The summed E-state index contributed by atoms with van der Waals surface area (Å²) in [4.78, 5) is 52.5. The molecule has 12 heteroatoms. The number of nitrogens with one attached hydrogen (secondary N) is 4. The third-order valence-corrected chi connectivity index (χ3v) is 7.23. The molecule has 36 heavy (non-hydrogen) atoms. The second kappa shape index (κ2) is 9.69. The van der Waals surface area contributed by atoms with E-state index in [0.29, 0.717) is 50.2 Å². The first-order chi connectivity index (χ1) is 17.3. The van der Waals surface area contributed by atoms with Crippen molar-refractivity contribution in [1.82, 2.24) is 25.3 Å². The number of fused-ring (bicyclic) bond motifs is 1. The molecule has 2 atom stereocenters. The lowest BCUT2D eigenvalue weighted by atomic mass is 9.94. The van der Waals surface area contributed by atoms with Gasteiger partial charge in [-0.3, -0.25) is 34.5 Å². The number of carbonyl (C=O) groups is 4. The van der Waals surface area contributed by atoms with Gasteiger partial charge in [0.25, 0.3) is 5.91 Å². The molecule has 0 spiro atoms. The van der Waals surface area contributed by atoms with Crippen LogP contribution in [0.15, 0.2) is 24.4 Å². The Kier molecular flexibility index (Phi) is 6.44. The minimum atomic E-state index is -0.619. The monoisotopic (exact) mass is 497 g/mol. The lowest BCUT2D eigenvalue weighted by Gasteiger charge is -2.43. The number of likely N-dealkylation sites (N-methyl/N-ethyl adjacent to an activating group) is 1. The maximum absolute atomic E-state index is 14.7. The molecule has 0 aliphatic carbocycles. The van der Waals surface area contributed by atoms with Crippen LogP contribution in [0.25, 0.3) is 0 Å². The minimum Gasteiger partial charge on any atom is -0.374 e. The van der Waals surface area contributed by atoms with Crippen LogP contribution in [0.5, 0.6) is 0 Å². The molecule has 3 aliphatic heterocycles. The van der Waals surface area contributed by atoms with E-state index in [4.69, 9.17) is 0 Å². The summed E-state index contributed by atoms with van der Waals surface area (Å²) in [5.74, 6) is -1.98. The number of hydrogen-bond donors (Lipinski definition) is 4. The minimum absolute atomic E-state index is 0.0707. The lowest BCUT2D eigenvalue weighted by molar-refractivity contribution is -0.133. The zero-order valence-electron chi connectivity index (χ0n) is 19.8. The molecule has 1 aromatic carbocycles. The van der Waals surface area contributed by atoms with Gasteiger partial charge in [0.05, 0.1) is 18.1 Å². The molecule has 0 radical (unpaired) electrons. The SMILES string of the molecule is CN1C(=O)c2[nH]ncc2CC1N1CCC(C(=O)Nc2ccc(NC3CCC(=O)NC3=O)cc2F)CC1. The van der Waals surface area contributed by atoms with Gasteiger partial charge >= 0.3 is 0 Å². The van der Waals surface area contributed by atoms with Crippen molar-refractivity contribution in [2.24, 2.45) is 5.92 Å². The number of amides is 4. The van der Waals surface area contributed by atoms with Gasteiger partial charge in [0.2, 0.25) is 17.7 Å². The fourth-order valence-electron chi connectivity index (χ4n) is 5.10. The number of benzene rings is 1. The zero-order chi connectivity index (χ0) is 25.4. The van der Waals surface area contributed by atoms with Crippen molar-refractivity contribution < 1.29 is 23.6 Å². The molecule has 190 valence electrons. The molecule has 2 saturated heterocycles. The first-order valence-electron chi connectivity index (χ1n) is 12.0. The summed E-state index contributed by atoms with van der Waals surface area (Å²) in [5.41, 5.74) is 1.89. The van der Waals surface area contributed by atoms with Crippen molar-refractivity contribution in [3.05, 3.63) is 41.5 Å². The highest BCUT2D eigenvalue weighted by Gasteiger charge is 2.37. The summed E-state index contributed by atoms with van der Waals surface area (Å²) >= 11 is 0. The van der Waals surface area contributed by atoms with Gasteiger partial charge in [0, 0.05) is 50.1 Å². The standard InChI is InChI=1S/C24H28FN7O4/c1-31-20(10-14-12-26-30-21(14)24(31)36)32-8-6-13(7-9-32)22(34)28-17-3-2-15(11-16(17)25)27-18-4-5-19(33)29-23(18)35/h2-3,11-13,18,20,27H,4-10H2,1H3,(H,26,30)(H,28,34)(H,29,33,35). The highest BCUT2D eigenvalue weighted by Crippen LogP contribution is 2.28. The van der Waals surface area contributed by atoms with Crippen LogP contribution in [-0.2, 0) is 20.8 Å².